The van der Waals surface area contributed by atoms with Gasteiger partial charge < -0.3 is 20.5 Å². The number of methoxy groups -OCH3 is 2. The van der Waals surface area contributed by atoms with Gasteiger partial charge in [-0.1, -0.05) is 0 Å². The second kappa shape index (κ2) is 6.13. The molecule has 0 aliphatic carbocycles. The fraction of sp³-hybridized carbons (Fsp3) is 0.133. The van der Waals surface area contributed by atoms with E-state index in [0.29, 0.717) is 17.1 Å². The molecule has 0 fully saturated rings. The Morgan fingerprint density at radius 3 is 2.48 bits per heavy atom. The number of ether oxygens (including phenoxy) is 2. The zero-order chi connectivity index (χ0) is 15.4. The van der Waals surface area contributed by atoms with Gasteiger partial charge in [0.2, 0.25) is 0 Å². The fourth-order valence-corrected chi connectivity index (χ4v) is 1.82. The molecule has 0 heterocycles. The summed E-state index contributed by atoms with van der Waals surface area (Å²) in [6.45, 7) is 0. The van der Waals surface area contributed by atoms with Crippen molar-refractivity contribution in [3.63, 3.8) is 0 Å². The van der Waals surface area contributed by atoms with Crippen molar-refractivity contribution in [2.75, 3.05) is 25.3 Å². The van der Waals surface area contributed by atoms with Crippen LogP contribution in [0.3, 0.4) is 0 Å². The van der Waals surface area contributed by atoms with Crippen molar-refractivity contribution in [2.45, 2.75) is 0 Å². The first-order valence-corrected chi connectivity index (χ1v) is 6.13. The van der Waals surface area contributed by atoms with Gasteiger partial charge in [0.1, 0.15) is 0 Å². The molecule has 6 heteroatoms. The standard InChI is InChI=1S/C15H15FN2O3/c1-20-14-8-10(3-5-12(14)16)18-9-4-6-13(17)11(7-9)15(19)21-2/h3-8,18H,17H2,1-2H3. The molecule has 0 amide bonds. The average Bonchev–Trinajstić information content (AvgIpc) is 2.50. The van der Waals surface area contributed by atoms with Crippen LogP contribution in [-0.4, -0.2) is 20.2 Å². The second-order valence-electron chi connectivity index (χ2n) is 4.27. The van der Waals surface area contributed by atoms with E-state index < -0.39 is 11.8 Å². The van der Waals surface area contributed by atoms with Crippen molar-refractivity contribution in [3.05, 3.63) is 47.8 Å². The van der Waals surface area contributed by atoms with Crippen molar-refractivity contribution in [3.8, 4) is 5.75 Å². The number of nitrogens with two attached hydrogens (primary N) is 1. The van der Waals surface area contributed by atoms with E-state index in [0.717, 1.165) is 0 Å². The molecule has 0 aliphatic rings. The number of hydrogen-bond acceptors (Lipinski definition) is 5. The van der Waals surface area contributed by atoms with E-state index in [1.54, 1.807) is 24.3 Å². The SMILES string of the molecule is COC(=O)c1cc(Nc2ccc(F)c(OC)c2)ccc1N. The third kappa shape index (κ3) is 3.22. The third-order valence-corrected chi connectivity index (χ3v) is 2.90. The molecule has 21 heavy (non-hydrogen) atoms. The summed E-state index contributed by atoms with van der Waals surface area (Å²) < 4.78 is 22.9. The summed E-state index contributed by atoms with van der Waals surface area (Å²) in [5.41, 5.74) is 7.55. The minimum atomic E-state index is -0.521. The van der Waals surface area contributed by atoms with Crippen LogP contribution in [0.5, 0.6) is 5.75 Å². The summed E-state index contributed by atoms with van der Waals surface area (Å²) in [7, 11) is 2.67. The van der Waals surface area contributed by atoms with Gasteiger partial charge in [0.25, 0.3) is 0 Å². The molecule has 0 radical (unpaired) electrons. The molecule has 110 valence electrons. The number of halogens is 1. The maximum atomic E-state index is 13.3. The largest absolute Gasteiger partial charge is 0.494 e. The summed E-state index contributed by atoms with van der Waals surface area (Å²) in [4.78, 5) is 11.6. The Hall–Kier alpha value is -2.76. The summed E-state index contributed by atoms with van der Waals surface area (Å²) in [5.74, 6) is -0.841. The Labute approximate surface area is 121 Å². The molecule has 3 N–H and O–H groups in total. The minimum Gasteiger partial charge on any atom is -0.494 e. The second-order valence-corrected chi connectivity index (χ2v) is 4.27. The van der Waals surface area contributed by atoms with Crippen LogP contribution in [0.15, 0.2) is 36.4 Å². The average molecular weight is 290 g/mol. The van der Waals surface area contributed by atoms with Crippen LogP contribution in [-0.2, 0) is 4.74 Å². The maximum Gasteiger partial charge on any atom is 0.340 e. The van der Waals surface area contributed by atoms with E-state index in [4.69, 9.17) is 10.5 Å². The Balaban J connectivity index is 2.29. The lowest BCUT2D eigenvalue weighted by Crippen LogP contribution is -2.06. The van der Waals surface area contributed by atoms with Gasteiger partial charge in [0.05, 0.1) is 19.8 Å². The van der Waals surface area contributed by atoms with Gasteiger partial charge in [-0.25, -0.2) is 9.18 Å². The quantitative estimate of drug-likeness (QED) is 0.669. The third-order valence-electron chi connectivity index (χ3n) is 2.90. The van der Waals surface area contributed by atoms with Crippen LogP contribution >= 0.6 is 0 Å². The number of hydrogen-bond donors (Lipinski definition) is 2. The van der Waals surface area contributed by atoms with Crippen LogP contribution in [0.2, 0.25) is 0 Å². The molecule has 2 rings (SSSR count). The number of nitrogen functional groups attached to an aromatic ring is 1. The van der Waals surface area contributed by atoms with Crippen LogP contribution < -0.4 is 15.8 Å². The molecule has 0 saturated heterocycles. The van der Waals surface area contributed by atoms with Crippen LogP contribution in [0.1, 0.15) is 10.4 Å². The molecule has 0 spiro atoms. The van der Waals surface area contributed by atoms with Gasteiger partial charge >= 0.3 is 5.97 Å². The molecule has 0 atom stereocenters. The lowest BCUT2D eigenvalue weighted by Gasteiger charge is -2.11. The van der Waals surface area contributed by atoms with Crippen LogP contribution in [0.4, 0.5) is 21.5 Å². The van der Waals surface area contributed by atoms with Crippen molar-refractivity contribution in [2.24, 2.45) is 0 Å². The lowest BCUT2D eigenvalue weighted by atomic mass is 10.1. The maximum absolute atomic E-state index is 13.3. The molecule has 0 bridgehead atoms. The number of nitrogens with one attached hydrogen (secondary N) is 1. The molecule has 0 aliphatic heterocycles. The van der Waals surface area contributed by atoms with E-state index >= 15 is 0 Å². The zero-order valence-electron chi connectivity index (χ0n) is 11.6. The first-order valence-electron chi connectivity index (χ1n) is 6.13. The lowest BCUT2D eigenvalue weighted by molar-refractivity contribution is 0.0602. The Morgan fingerprint density at radius 2 is 1.81 bits per heavy atom. The highest BCUT2D eigenvalue weighted by molar-refractivity contribution is 5.96. The Kier molecular flexibility index (Phi) is 4.27. The Bertz CT molecular complexity index is 674. The highest BCUT2D eigenvalue weighted by Gasteiger charge is 2.11. The molecule has 0 unspecified atom stereocenters. The molecular formula is C15H15FN2O3. The zero-order valence-corrected chi connectivity index (χ0v) is 11.6. The van der Waals surface area contributed by atoms with Gasteiger partial charge in [0.15, 0.2) is 11.6 Å². The van der Waals surface area contributed by atoms with Gasteiger partial charge in [-0.3, -0.25) is 0 Å². The monoisotopic (exact) mass is 290 g/mol. The van der Waals surface area contributed by atoms with E-state index in [9.17, 15) is 9.18 Å². The van der Waals surface area contributed by atoms with Gasteiger partial charge in [-0.2, -0.15) is 0 Å². The van der Waals surface area contributed by atoms with E-state index in [1.165, 1.54) is 26.4 Å². The number of rotatable bonds is 4. The predicted molar refractivity (Wildman–Crippen MR) is 78.4 cm³/mol. The molecule has 0 aromatic heterocycles. The molecular weight excluding hydrogens is 275 g/mol. The van der Waals surface area contributed by atoms with Crippen molar-refractivity contribution < 1.29 is 18.7 Å². The first-order chi connectivity index (χ1) is 10.0. The summed E-state index contributed by atoms with van der Waals surface area (Å²) >= 11 is 0. The van der Waals surface area contributed by atoms with Crippen LogP contribution in [0, 0.1) is 5.82 Å². The number of esters is 1. The smallest absolute Gasteiger partial charge is 0.340 e. The minimum absolute atomic E-state index is 0.128. The number of anilines is 3. The van der Waals surface area contributed by atoms with E-state index in [-0.39, 0.29) is 11.3 Å². The van der Waals surface area contributed by atoms with Crippen LogP contribution in [0.25, 0.3) is 0 Å². The van der Waals surface area contributed by atoms with Gasteiger partial charge in [-0.15, -0.1) is 0 Å². The van der Waals surface area contributed by atoms with E-state index in [2.05, 4.69) is 10.1 Å². The summed E-state index contributed by atoms with van der Waals surface area (Å²) in [6.07, 6.45) is 0. The highest BCUT2D eigenvalue weighted by Crippen LogP contribution is 2.26. The van der Waals surface area contributed by atoms with Gasteiger partial charge in [0, 0.05) is 23.1 Å². The van der Waals surface area contributed by atoms with Gasteiger partial charge in [-0.05, 0) is 30.3 Å². The normalized spacial score (nSPS) is 10.0. The molecule has 5 nitrogen and oxygen atoms in total. The molecule has 2 aromatic rings. The highest BCUT2D eigenvalue weighted by atomic mass is 19.1. The number of carbonyl (C=O) groups excluding carboxylic acids is 1. The summed E-state index contributed by atoms with van der Waals surface area (Å²) in [6, 6.07) is 9.24. The predicted octanol–water partition coefficient (Wildman–Crippen LogP) is 2.95. The van der Waals surface area contributed by atoms with Crippen molar-refractivity contribution >= 4 is 23.0 Å². The first kappa shape index (κ1) is 14.6. The summed E-state index contributed by atoms with van der Waals surface area (Å²) in [5, 5.41) is 3.04. The topological polar surface area (TPSA) is 73.6 Å². The van der Waals surface area contributed by atoms with E-state index in [1.807, 2.05) is 0 Å². The molecule has 2 aromatic carbocycles. The number of carbonyl (C=O) groups is 1. The van der Waals surface area contributed by atoms with Crippen molar-refractivity contribution in [1.29, 1.82) is 0 Å². The Morgan fingerprint density at radius 1 is 1.14 bits per heavy atom. The molecule has 0 saturated carbocycles. The van der Waals surface area contributed by atoms with Crippen molar-refractivity contribution in [1.82, 2.24) is 0 Å². The fourth-order valence-electron chi connectivity index (χ4n) is 1.82. The number of benzene rings is 2.